The molecule has 4 N–H and O–H groups in total. The number of nitrogens with zero attached hydrogens (tertiary/aromatic N) is 1. The predicted molar refractivity (Wildman–Crippen MR) is 88.9 cm³/mol. The van der Waals surface area contributed by atoms with E-state index in [1.165, 1.54) is 12.4 Å². The van der Waals surface area contributed by atoms with Crippen LogP contribution < -0.4 is 10.5 Å². The molecule has 2 unspecified atom stereocenters. The number of aromatic amines is 1. The summed E-state index contributed by atoms with van der Waals surface area (Å²) in [6, 6.07) is 1.47. The molecule has 0 spiro atoms. The monoisotopic (exact) mass is 364 g/mol. The van der Waals surface area contributed by atoms with Gasteiger partial charge in [-0.3, -0.25) is 0 Å². The summed E-state index contributed by atoms with van der Waals surface area (Å²) >= 11 is 6.11. The van der Waals surface area contributed by atoms with E-state index < -0.39 is 10.0 Å². The van der Waals surface area contributed by atoms with Crippen molar-refractivity contribution in [1.82, 2.24) is 14.7 Å². The Morgan fingerprint density at radius 2 is 2.23 bits per heavy atom. The van der Waals surface area contributed by atoms with Gasteiger partial charge in [0.1, 0.15) is 10.5 Å². The van der Waals surface area contributed by atoms with E-state index in [0.29, 0.717) is 22.6 Å². The van der Waals surface area contributed by atoms with Gasteiger partial charge < -0.3 is 10.7 Å². The first-order chi connectivity index (χ1) is 10.0. The maximum atomic E-state index is 12.6. The van der Waals surface area contributed by atoms with Crippen LogP contribution in [0.5, 0.6) is 0 Å². The Balaban J connectivity index is 0.00000176. The molecule has 0 aliphatic heterocycles. The number of H-pyrrole nitrogens is 1. The van der Waals surface area contributed by atoms with Crippen LogP contribution in [-0.2, 0) is 10.0 Å². The first kappa shape index (κ1) is 17.5. The Morgan fingerprint density at radius 3 is 2.95 bits per heavy atom. The zero-order valence-electron chi connectivity index (χ0n) is 11.8. The number of pyridine rings is 1. The highest BCUT2D eigenvalue weighted by atomic mass is 35.5. The molecular formula is C13H18Cl2N4O2S. The number of aromatic nitrogens is 2. The first-order valence-electron chi connectivity index (χ1n) is 6.87. The minimum Gasteiger partial charge on any atom is -0.345 e. The van der Waals surface area contributed by atoms with Crippen LogP contribution in [0.4, 0.5) is 0 Å². The second-order valence-electron chi connectivity index (χ2n) is 5.32. The van der Waals surface area contributed by atoms with Crippen molar-refractivity contribution in [3.8, 4) is 0 Å². The fourth-order valence-corrected chi connectivity index (χ4v) is 4.77. The molecule has 0 amide bonds. The van der Waals surface area contributed by atoms with Crippen molar-refractivity contribution in [2.75, 3.05) is 6.54 Å². The summed E-state index contributed by atoms with van der Waals surface area (Å²) in [6.07, 6.45) is 5.73. The highest BCUT2D eigenvalue weighted by Crippen LogP contribution is 2.30. The summed E-state index contributed by atoms with van der Waals surface area (Å²) in [5.41, 5.74) is 6.17. The number of hydrogen-bond donors (Lipinski definition) is 3. The normalized spacial score (nSPS) is 21.9. The average molecular weight is 365 g/mol. The molecule has 0 radical (unpaired) electrons. The lowest BCUT2D eigenvalue weighted by Gasteiger charge is -2.19. The fourth-order valence-electron chi connectivity index (χ4n) is 2.94. The summed E-state index contributed by atoms with van der Waals surface area (Å²) < 4.78 is 28.0. The van der Waals surface area contributed by atoms with Gasteiger partial charge >= 0.3 is 0 Å². The molecule has 122 valence electrons. The van der Waals surface area contributed by atoms with E-state index in [0.717, 1.165) is 19.3 Å². The summed E-state index contributed by atoms with van der Waals surface area (Å²) in [7, 11) is -3.65. The van der Waals surface area contributed by atoms with Crippen LogP contribution in [0.2, 0.25) is 5.02 Å². The maximum absolute atomic E-state index is 12.6. The standard InChI is InChI=1S/C13H17ClN4O2S.ClH/c14-9-4-5-16-13-12(9)11(7-17-13)21(19,20)18-10-3-1-2-8(10)6-15;/h4-5,7-8,10,18H,1-3,6,15H2,(H,16,17);1H. The van der Waals surface area contributed by atoms with Crippen molar-refractivity contribution >= 4 is 45.1 Å². The van der Waals surface area contributed by atoms with Gasteiger partial charge in [0.15, 0.2) is 0 Å². The molecule has 2 heterocycles. The van der Waals surface area contributed by atoms with Crippen molar-refractivity contribution in [3.05, 3.63) is 23.5 Å². The van der Waals surface area contributed by atoms with Crippen LogP contribution in [0.3, 0.4) is 0 Å². The zero-order chi connectivity index (χ0) is 15.0. The smallest absolute Gasteiger partial charge is 0.243 e. The topological polar surface area (TPSA) is 101 Å². The van der Waals surface area contributed by atoms with Gasteiger partial charge in [-0.15, -0.1) is 12.4 Å². The van der Waals surface area contributed by atoms with Crippen LogP contribution >= 0.6 is 24.0 Å². The van der Waals surface area contributed by atoms with Gasteiger partial charge in [-0.05, 0) is 31.4 Å². The van der Waals surface area contributed by atoms with E-state index >= 15 is 0 Å². The summed E-state index contributed by atoms with van der Waals surface area (Å²) in [4.78, 5) is 7.07. The van der Waals surface area contributed by atoms with E-state index in [1.54, 1.807) is 6.07 Å². The fraction of sp³-hybridized carbons (Fsp3) is 0.462. The Morgan fingerprint density at radius 1 is 1.45 bits per heavy atom. The van der Waals surface area contributed by atoms with Gasteiger partial charge in [0.25, 0.3) is 0 Å². The molecule has 22 heavy (non-hydrogen) atoms. The average Bonchev–Trinajstić information content (AvgIpc) is 3.05. The molecule has 2 aromatic heterocycles. The van der Waals surface area contributed by atoms with Gasteiger partial charge in [0.2, 0.25) is 10.0 Å². The van der Waals surface area contributed by atoms with Crippen LogP contribution in [0.15, 0.2) is 23.4 Å². The summed E-state index contributed by atoms with van der Waals surface area (Å²) in [5.74, 6) is 0.193. The SMILES string of the molecule is Cl.NCC1CCCC1NS(=O)(=O)c1c[nH]c2nccc(Cl)c12. The van der Waals surface area contributed by atoms with Crippen molar-refractivity contribution in [3.63, 3.8) is 0 Å². The Kier molecular flexibility index (Phi) is 5.34. The van der Waals surface area contributed by atoms with E-state index in [4.69, 9.17) is 17.3 Å². The lowest BCUT2D eigenvalue weighted by atomic mass is 10.1. The molecule has 1 aliphatic carbocycles. The number of nitrogens with two attached hydrogens (primary N) is 1. The Labute approximate surface area is 140 Å². The predicted octanol–water partition coefficient (Wildman–Crippen LogP) is 2.04. The quantitative estimate of drug-likeness (QED) is 0.772. The van der Waals surface area contributed by atoms with Crippen molar-refractivity contribution in [2.45, 2.75) is 30.2 Å². The second-order valence-corrected chi connectivity index (χ2v) is 7.41. The van der Waals surface area contributed by atoms with Crippen molar-refractivity contribution < 1.29 is 8.42 Å². The lowest BCUT2D eigenvalue weighted by molar-refractivity contribution is 0.453. The van der Waals surface area contributed by atoms with Gasteiger partial charge in [0, 0.05) is 18.4 Å². The molecule has 3 rings (SSSR count). The molecule has 2 atom stereocenters. The van der Waals surface area contributed by atoms with Gasteiger partial charge in [-0.1, -0.05) is 18.0 Å². The van der Waals surface area contributed by atoms with Gasteiger partial charge in [0.05, 0.1) is 10.4 Å². The van der Waals surface area contributed by atoms with Crippen LogP contribution in [0.25, 0.3) is 11.0 Å². The van der Waals surface area contributed by atoms with Gasteiger partial charge in [-0.2, -0.15) is 0 Å². The van der Waals surface area contributed by atoms with Crippen LogP contribution in [0, 0.1) is 5.92 Å². The minimum absolute atomic E-state index is 0. The number of nitrogens with one attached hydrogen (secondary N) is 2. The highest BCUT2D eigenvalue weighted by molar-refractivity contribution is 7.89. The summed E-state index contributed by atoms with van der Waals surface area (Å²) in [5, 5.41) is 0.789. The lowest BCUT2D eigenvalue weighted by Crippen LogP contribution is -2.39. The zero-order valence-corrected chi connectivity index (χ0v) is 14.1. The molecular weight excluding hydrogens is 347 g/mol. The maximum Gasteiger partial charge on any atom is 0.243 e. The van der Waals surface area contributed by atoms with E-state index in [1.807, 2.05) is 0 Å². The Hall–Kier alpha value is -0.860. The summed E-state index contributed by atoms with van der Waals surface area (Å²) in [6.45, 7) is 0.489. The van der Waals surface area contributed by atoms with E-state index in [9.17, 15) is 8.42 Å². The van der Waals surface area contributed by atoms with Crippen LogP contribution in [0.1, 0.15) is 19.3 Å². The van der Waals surface area contributed by atoms with E-state index in [2.05, 4.69) is 14.7 Å². The molecule has 1 saturated carbocycles. The molecule has 2 aromatic rings. The molecule has 1 fully saturated rings. The first-order valence-corrected chi connectivity index (χ1v) is 8.73. The number of rotatable bonds is 4. The number of halogens is 2. The molecule has 0 aromatic carbocycles. The van der Waals surface area contributed by atoms with Crippen molar-refractivity contribution in [1.29, 1.82) is 0 Å². The van der Waals surface area contributed by atoms with E-state index in [-0.39, 0.29) is 29.3 Å². The number of fused-ring (bicyclic) bond motifs is 1. The molecule has 1 aliphatic rings. The van der Waals surface area contributed by atoms with Crippen molar-refractivity contribution in [2.24, 2.45) is 11.7 Å². The molecule has 9 heteroatoms. The largest absolute Gasteiger partial charge is 0.345 e. The highest BCUT2D eigenvalue weighted by Gasteiger charge is 2.31. The Bertz CT molecular complexity index is 762. The molecule has 6 nitrogen and oxygen atoms in total. The minimum atomic E-state index is -3.65. The molecule has 0 bridgehead atoms. The third-order valence-electron chi connectivity index (χ3n) is 4.04. The second kappa shape index (κ2) is 6.72. The van der Waals surface area contributed by atoms with Crippen LogP contribution in [-0.4, -0.2) is 31.0 Å². The number of sulfonamides is 1. The van der Waals surface area contributed by atoms with Gasteiger partial charge in [-0.25, -0.2) is 18.1 Å². The number of hydrogen-bond acceptors (Lipinski definition) is 4. The molecule has 0 saturated heterocycles. The third kappa shape index (κ3) is 3.09. The third-order valence-corrected chi connectivity index (χ3v) is 5.87.